The predicted octanol–water partition coefficient (Wildman–Crippen LogP) is 7.06. The number of hydrogen-bond acceptors (Lipinski definition) is 4. The lowest BCUT2D eigenvalue weighted by Gasteiger charge is -2.35. The fourth-order valence-electron chi connectivity index (χ4n) is 5.49. The molecular formula is C28H36N4OS. The van der Waals surface area contributed by atoms with Crippen molar-refractivity contribution >= 4 is 33.8 Å². The molecule has 34 heavy (non-hydrogen) atoms. The van der Waals surface area contributed by atoms with Crippen LogP contribution in [0.1, 0.15) is 50.8 Å². The first-order valence-corrected chi connectivity index (χ1v) is 12.9. The van der Waals surface area contributed by atoms with Gasteiger partial charge in [0.05, 0.1) is 12.2 Å². The lowest BCUT2D eigenvalue weighted by molar-refractivity contribution is 0.108. The maximum Gasteiger partial charge on any atom is 0.221 e. The monoisotopic (exact) mass is 476 g/mol. The average molecular weight is 477 g/mol. The van der Waals surface area contributed by atoms with E-state index in [1.807, 2.05) is 28.8 Å². The molecule has 2 heterocycles. The van der Waals surface area contributed by atoms with Gasteiger partial charge < -0.3 is 5.11 Å². The minimum Gasteiger partial charge on any atom is -0.493 e. The maximum atomic E-state index is 11.2. The summed E-state index contributed by atoms with van der Waals surface area (Å²) in [6.07, 6.45) is 3.78. The van der Waals surface area contributed by atoms with E-state index in [0.29, 0.717) is 35.6 Å². The predicted molar refractivity (Wildman–Crippen MR) is 144 cm³/mol. The van der Waals surface area contributed by atoms with Crippen LogP contribution in [0, 0.1) is 11.8 Å². The van der Waals surface area contributed by atoms with Crippen molar-refractivity contribution in [2.75, 3.05) is 13.1 Å². The van der Waals surface area contributed by atoms with Crippen molar-refractivity contribution in [1.29, 1.82) is 0 Å². The molecular weight excluding hydrogens is 440 g/mol. The Kier molecular flexibility index (Phi) is 7.79. The Balaban J connectivity index is 1.60. The Morgan fingerprint density at radius 2 is 1.65 bits per heavy atom. The van der Waals surface area contributed by atoms with E-state index in [0.717, 1.165) is 36.8 Å². The number of likely N-dealkylation sites (tertiary alicyclic amines) is 1. The highest BCUT2D eigenvalue weighted by molar-refractivity contribution is 7.80. The molecule has 0 aliphatic carbocycles. The smallest absolute Gasteiger partial charge is 0.221 e. The molecule has 1 aliphatic heterocycles. The number of piperidine rings is 1. The molecule has 1 fully saturated rings. The standard InChI is InChI=1S/C28H36N4OS/c1-5-21-10-9-11-22(6-2)24(21)15-26(34)29-30-27-23-12-7-8-13-25(23)32(28(27)33)18-31-16-19(3)14-20(4)17-31/h7-13,19-20,33H,5-6,14-18H2,1-4H3. The van der Waals surface area contributed by atoms with Crippen molar-refractivity contribution in [2.45, 2.75) is 60.0 Å². The summed E-state index contributed by atoms with van der Waals surface area (Å²) in [5.74, 6) is 1.47. The number of aromatic nitrogens is 1. The Morgan fingerprint density at radius 3 is 2.29 bits per heavy atom. The third-order valence-electron chi connectivity index (χ3n) is 6.92. The number of azo groups is 1. The Bertz CT molecular complexity index is 1170. The third-order valence-corrected chi connectivity index (χ3v) is 7.15. The number of thiocarbonyl (C=S) groups is 1. The lowest BCUT2D eigenvalue weighted by Crippen LogP contribution is -2.39. The van der Waals surface area contributed by atoms with Crippen LogP contribution in [0.3, 0.4) is 0 Å². The Morgan fingerprint density at radius 1 is 1.00 bits per heavy atom. The summed E-state index contributed by atoms with van der Waals surface area (Å²) in [5.41, 5.74) is 5.34. The summed E-state index contributed by atoms with van der Waals surface area (Å²) in [6, 6.07) is 14.4. The van der Waals surface area contributed by atoms with Crippen molar-refractivity contribution in [2.24, 2.45) is 22.1 Å². The quantitative estimate of drug-likeness (QED) is 0.293. The van der Waals surface area contributed by atoms with Gasteiger partial charge in [0, 0.05) is 24.9 Å². The van der Waals surface area contributed by atoms with Gasteiger partial charge in [-0.3, -0.25) is 9.47 Å². The van der Waals surface area contributed by atoms with Crippen molar-refractivity contribution in [3.05, 3.63) is 59.2 Å². The molecule has 6 heteroatoms. The van der Waals surface area contributed by atoms with Crippen LogP contribution in [0.5, 0.6) is 5.88 Å². The van der Waals surface area contributed by atoms with E-state index in [-0.39, 0.29) is 5.88 Å². The third kappa shape index (κ3) is 5.23. The second kappa shape index (κ2) is 10.8. The van der Waals surface area contributed by atoms with Gasteiger partial charge in [-0.15, -0.1) is 10.2 Å². The van der Waals surface area contributed by atoms with Crippen molar-refractivity contribution in [1.82, 2.24) is 9.47 Å². The minimum atomic E-state index is 0.154. The molecule has 0 radical (unpaired) electrons. The molecule has 1 aromatic heterocycles. The summed E-state index contributed by atoms with van der Waals surface area (Å²) in [4.78, 5) is 2.95. The zero-order valence-electron chi connectivity index (χ0n) is 20.8. The largest absolute Gasteiger partial charge is 0.493 e. The fourth-order valence-corrected chi connectivity index (χ4v) is 5.68. The van der Waals surface area contributed by atoms with Gasteiger partial charge in [0.15, 0.2) is 5.69 Å². The van der Waals surface area contributed by atoms with Crippen LogP contribution in [-0.4, -0.2) is 32.7 Å². The molecule has 0 spiro atoms. The number of aromatic hydroxyl groups is 1. The lowest BCUT2D eigenvalue weighted by atomic mass is 9.92. The molecule has 5 nitrogen and oxygen atoms in total. The van der Waals surface area contributed by atoms with Crippen molar-refractivity contribution in [3.8, 4) is 5.88 Å². The van der Waals surface area contributed by atoms with E-state index in [1.54, 1.807) is 0 Å². The Hall–Kier alpha value is -2.57. The van der Waals surface area contributed by atoms with Gasteiger partial charge in [-0.1, -0.05) is 76.3 Å². The molecule has 1 N–H and O–H groups in total. The molecule has 3 aromatic rings. The van der Waals surface area contributed by atoms with E-state index in [9.17, 15) is 5.11 Å². The van der Waals surface area contributed by atoms with Crippen LogP contribution in [0.15, 0.2) is 52.7 Å². The van der Waals surface area contributed by atoms with E-state index >= 15 is 0 Å². The van der Waals surface area contributed by atoms with E-state index < -0.39 is 0 Å². The van der Waals surface area contributed by atoms with Crippen LogP contribution in [-0.2, 0) is 25.9 Å². The van der Waals surface area contributed by atoms with Gasteiger partial charge in [-0.2, -0.15) is 0 Å². The average Bonchev–Trinajstić information content (AvgIpc) is 3.08. The SMILES string of the molecule is CCc1cccc(CC)c1CC(=S)N=Nc1c(O)n(CN2CC(C)CC(C)C2)c2ccccc12. The zero-order valence-corrected chi connectivity index (χ0v) is 21.6. The number of benzene rings is 2. The van der Waals surface area contributed by atoms with Crippen LogP contribution >= 0.6 is 12.2 Å². The van der Waals surface area contributed by atoms with Crippen molar-refractivity contribution in [3.63, 3.8) is 0 Å². The summed E-state index contributed by atoms with van der Waals surface area (Å²) in [5, 5.41) is 21.0. The minimum absolute atomic E-state index is 0.154. The first-order chi connectivity index (χ1) is 16.4. The molecule has 0 bridgehead atoms. The summed E-state index contributed by atoms with van der Waals surface area (Å²) in [6.45, 7) is 11.7. The van der Waals surface area contributed by atoms with Gasteiger partial charge in [0.25, 0.3) is 0 Å². The van der Waals surface area contributed by atoms with Gasteiger partial charge in [0.1, 0.15) is 4.99 Å². The molecule has 2 atom stereocenters. The molecule has 180 valence electrons. The normalized spacial score (nSPS) is 19.3. The number of nitrogens with zero attached hydrogens (tertiary/aromatic N) is 4. The number of rotatable bonds is 7. The molecule has 1 aliphatic rings. The molecule has 2 aromatic carbocycles. The maximum absolute atomic E-state index is 11.2. The first kappa shape index (κ1) is 24.6. The Labute approximate surface area is 208 Å². The molecule has 1 saturated heterocycles. The summed E-state index contributed by atoms with van der Waals surface area (Å²) >= 11 is 5.62. The summed E-state index contributed by atoms with van der Waals surface area (Å²) in [7, 11) is 0. The van der Waals surface area contributed by atoms with Crippen LogP contribution in [0.2, 0.25) is 0 Å². The first-order valence-electron chi connectivity index (χ1n) is 12.5. The van der Waals surface area contributed by atoms with Crippen LogP contribution in [0.25, 0.3) is 10.9 Å². The molecule has 2 unspecified atom stereocenters. The van der Waals surface area contributed by atoms with Crippen molar-refractivity contribution < 1.29 is 5.11 Å². The fraction of sp³-hybridized carbons (Fsp3) is 0.464. The number of fused-ring (bicyclic) bond motifs is 1. The van der Waals surface area contributed by atoms with Gasteiger partial charge >= 0.3 is 0 Å². The number of para-hydroxylation sites is 1. The van der Waals surface area contributed by atoms with Crippen LogP contribution < -0.4 is 0 Å². The van der Waals surface area contributed by atoms with E-state index in [2.05, 4.69) is 61.0 Å². The molecule has 4 rings (SSSR count). The van der Waals surface area contributed by atoms with Gasteiger partial charge in [-0.05, 0) is 53.9 Å². The molecule has 0 saturated carbocycles. The second-order valence-corrected chi connectivity index (χ2v) is 10.2. The van der Waals surface area contributed by atoms with Gasteiger partial charge in [0.2, 0.25) is 5.88 Å². The highest BCUT2D eigenvalue weighted by Gasteiger charge is 2.24. The highest BCUT2D eigenvalue weighted by Crippen LogP contribution is 2.39. The topological polar surface area (TPSA) is 53.1 Å². The van der Waals surface area contributed by atoms with Gasteiger partial charge in [-0.25, -0.2) is 0 Å². The van der Waals surface area contributed by atoms with E-state index in [4.69, 9.17) is 12.2 Å². The zero-order chi connectivity index (χ0) is 24.2. The van der Waals surface area contributed by atoms with E-state index in [1.165, 1.54) is 23.1 Å². The summed E-state index contributed by atoms with van der Waals surface area (Å²) < 4.78 is 1.96. The number of hydrogen-bond donors (Lipinski definition) is 1. The number of aryl methyl sites for hydroxylation is 2. The van der Waals surface area contributed by atoms with Crippen LogP contribution in [0.4, 0.5) is 5.69 Å². The molecule has 0 amide bonds. The second-order valence-electron chi connectivity index (χ2n) is 9.77. The highest BCUT2D eigenvalue weighted by atomic mass is 32.1.